The van der Waals surface area contributed by atoms with Crippen molar-refractivity contribution in [3.8, 4) is 5.75 Å². The van der Waals surface area contributed by atoms with Crippen LogP contribution in [0.2, 0.25) is 0 Å². The molecule has 0 bridgehead atoms. The summed E-state index contributed by atoms with van der Waals surface area (Å²) >= 11 is 7.30. The van der Waals surface area contributed by atoms with Crippen LogP contribution in [-0.4, -0.2) is 33.9 Å². The molecule has 3 unspecified atom stereocenters. The van der Waals surface area contributed by atoms with Crippen LogP contribution in [0.25, 0.3) is 0 Å². The van der Waals surface area contributed by atoms with Gasteiger partial charge in [0.25, 0.3) is 0 Å². The maximum Gasteiger partial charge on any atom is 0.151 e. The Morgan fingerprint density at radius 3 is 2.95 bits per heavy atom. The van der Waals surface area contributed by atoms with Gasteiger partial charge in [0, 0.05) is 39.1 Å². The number of fused-ring (bicyclic) bond motifs is 1. The van der Waals surface area contributed by atoms with Gasteiger partial charge in [-0.2, -0.15) is 11.8 Å². The fourth-order valence-electron chi connectivity index (χ4n) is 2.73. The van der Waals surface area contributed by atoms with E-state index in [4.69, 9.17) is 4.74 Å². The van der Waals surface area contributed by atoms with E-state index >= 15 is 0 Å². The van der Waals surface area contributed by atoms with Gasteiger partial charge in [-0.3, -0.25) is 4.79 Å². The number of halogens is 1. The molecule has 5 heteroatoms. The number of rotatable bonds is 3. The first-order valence-corrected chi connectivity index (χ1v) is 10.1. The van der Waals surface area contributed by atoms with Crippen molar-refractivity contribution in [2.24, 2.45) is 0 Å². The highest BCUT2D eigenvalue weighted by atomic mass is 79.9. The van der Waals surface area contributed by atoms with Gasteiger partial charge in [0.1, 0.15) is 5.75 Å². The fourth-order valence-corrected chi connectivity index (χ4v) is 6.17. The monoisotopic (exact) mass is 386 g/mol. The van der Waals surface area contributed by atoms with Crippen LogP contribution in [0.3, 0.4) is 0 Å². The number of thioether (sulfide) groups is 2. The van der Waals surface area contributed by atoms with E-state index in [0.29, 0.717) is 22.7 Å². The van der Waals surface area contributed by atoms with E-state index in [0.717, 1.165) is 34.6 Å². The highest BCUT2D eigenvalue weighted by Crippen LogP contribution is 2.38. The maximum absolute atomic E-state index is 12.6. The standard InChI is InChI=1S/C16H19BrO2S2/c1-9-10(2)21-15(8-20-9)14(18)7-12-6-13(17)5-11-3-4-19-16(11)12/h5-6,9-10,15H,3-4,7-8H2,1-2H3. The molecule has 1 saturated heterocycles. The molecule has 114 valence electrons. The molecule has 2 nitrogen and oxygen atoms in total. The van der Waals surface area contributed by atoms with E-state index in [1.165, 1.54) is 5.56 Å². The van der Waals surface area contributed by atoms with Gasteiger partial charge in [0.05, 0.1) is 11.9 Å². The lowest BCUT2D eigenvalue weighted by Gasteiger charge is -2.30. The molecule has 1 aromatic carbocycles. The molecule has 3 atom stereocenters. The molecule has 2 heterocycles. The van der Waals surface area contributed by atoms with E-state index < -0.39 is 0 Å². The van der Waals surface area contributed by atoms with E-state index in [1.54, 1.807) is 0 Å². The van der Waals surface area contributed by atoms with Gasteiger partial charge in [-0.05, 0) is 17.7 Å². The van der Waals surface area contributed by atoms with Crippen LogP contribution < -0.4 is 4.74 Å². The number of carbonyl (C=O) groups is 1. The fraction of sp³-hybridized carbons (Fsp3) is 0.562. The Kier molecular flexibility index (Phi) is 4.91. The molecule has 2 aliphatic rings. The van der Waals surface area contributed by atoms with Crippen molar-refractivity contribution in [3.05, 3.63) is 27.7 Å². The van der Waals surface area contributed by atoms with Gasteiger partial charge in [-0.1, -0.05) is 29.8 Å². The number of carbonyl (C=O) groups excluding carboxylic acids is 1. The van der Waals surface area contributed by atoms with Crippen LogP contribution >= 0.6 is 39.5 Å². The summed E-state index contributed by atoms with van der Waals surface area (Å²) in [7, 11) is 0. The largest absolute Gasteiger partial charge is 0.493 e. The predicted octanol–water partition coefficient (Wildman–Crippen LogP) is 4.12. The number of ether oxygens (including phenoxy) is 1. The summed E-state index contributed by atoms with van der Waals surface area (Å²) in [6.07, 6.45) is 1.43. The van der Waals surface area contributed by atoms with Crippen molar-refractivity contribution in [2.75, 3.05) is 12.4 Å². The number of Topliss-reactive ketones (excluding diaryl/α,β-unsaturated/α-hetero) is 1. The molecule has 2 aliphatic heterocycles. The first-order valence-electron chi connectivity index (χ1n) is 7.28. The highest BCUT2D eigenvalue weighted by Gasteiger charge is 2.31. The minimum absolute atomic E-state index is 0.122. The minimum atomic E-state index is 0.122. The second-order valence-corrected chi connectivity index (χ2v) is 9.57. The Labute approximate surface area is 142 Å². The lowest BCUT2D eigenvalue weighted by atomic mass is 10.0. The first-order chi connectivity index (χ1) is 10.0. The highest BCUT2D eigenvalue weighted by molar-refractivity contribution is 9.10. The summed E-state index contributed by atoms with van der Waals surface area (Å²) in [6, 6.07) is 4.14. The Morgan fingerprint density at radius 1 is 1.38 bits per heavy atom. The van der Waals surface area contributed by atoms with Crippen LogP contribution in [0.15, 0.2) is 16.6 Å². The molecule has 0 amide bonds. The Bertz CT molecular complexity index is 561. The molecule has 0 aliphatic carbocycles. The summed E-state index contributed by atoms with van der Waals surface area (Å²) in [4.78, 5) is 12.6. The first kappa shape index (κ1) is 15.8. The van der Waals surface area contributed by atoms with E-state index in [-0.39, 0.29) is 5.25 Å². The molecular formula is C16H19BrO2S2. The van der Waals surface area contributed by atoms with E-state index in [2.05, 4.69) is 35.8 Å². The van der Waals surface area contributed by atoms with Gasteiger partial charge in [0.2, 0.25) is 0 Å². The maximum atomic E-state index is 12.6. The molecule has 0 radical (unpaired) electrons. The van der Waals surface area contributed by atoms with E-state index in [9.17, 15) is 4.79 Å². The quantitative estimate of drug-likeness (QED) is 0.780. The topological polar surface area (TPSA) is 26.3 Å². The number of ketones is 1. The molecule has 0 aromatic heterocycles. The Hall–Kier alpha value is -0.130. The van der Waals surface area contributed by atoms with Crippen LogP contribution in [0, 0.1) is 0 Å². The van der Waals surface area contributed by atoms with Gasteiger partial charge in [-0.15, -0.1) is 11.8 Å². The van der Waals surface area contributed by atoms with Gasteiger partial charge >= 0.3 is 0 Å². The SMILES string of the molecule is CC1SCC(C(=O)Cc2cc(Br)cc3c2OCC3)SC1C. The zero-order chi connectivity index (χ0) is 15.0. The molecule has 0 spiro atoms. The van der Waals surface area contributed by atoms with Crippen LogP contribution in [0.5, 0.6) is 5.75 Å². The molecular weight excluding hydrogens is 368 g/mol. The zero-order valence-electron chi connectivity index (χ0n) is 12.2. The van der Waals surface area contributed by atoms with Crippen molar-refractivity contribution < 1.29 is 9.53 Å². The molecule has 0 N–H and O–H groups in total. The number of hydrogen-bond donors (Lipinski definition) is 0. The van der Waals surface area contributed by atoms with Crippen LogP contribution in [0.4, 0.5) is 0 Å². The lowest BCUT2D eigenvalue weighted by Crippen LogP contribution is -2.32. The van der Waals surface area contributed by atoms with E-state index in [1.807, 2.05) is 29.6 Å². The Balaban J connectivity index is 1.74. The summed E-state index contributed by atoms with van der Waals surface area (Å²) in [5.41, 5.74) is 2.26. The normalized spacial score (nSPS) is 28.0. The van der Waals surface area contributed by atoms with Crippen molar-refractivity contribution >= 4 is 45.2 Å². The van der Waals surface area contributed by atoms with Gasteiger partial charge < -0.3 is 4.74 Å². The third-order valence-electron chi connectivity index (χ3n) is 4.10. The van der Waals surface area contributed by atoms with Gasteiger partial charge in [0.15, 0.2) is 5.78 Å². The molecule has 0 saturated carbocycles. The minimum Gasteiger partial charge on any atom is -0.493 e. The summed E-state index contributed by atoms with van der Waals surface area (Å²) in [5.74, 6) is 2.22. The molecule has 3 rings (SSSR count). The number of hydrogen-bond acceptors (Lipinski definition) is 4. The third kappa shape index (κ3) is 3.45. The van der Waals surface area contributed by atoms with Crippen molar-refractivity contribution in [1.29, 1.82) is 0 Å². The summed E-state index contributed by atoms with van der Waals surface area (Å²) in [5, 5.41) is 1.30. The summed E-state index contributed by atoms with van der Waals surface area (Å²) in [6.45, 7) is 5.20. The van der Waals surface area contributed by atoms with Crippen molar-refractivity contribution in [2.45, 2.75) is 42.4 Å². The smallest absolute Gasteiger partial charge is 0.151 e. The molecule has 1 fully saturated rings. The molecule has 1 aromatic rings. The predicted molar refractivity (Wildman–Crippen MR) is 94.8 cm³/mol. The average Bonchev–Trinajstić information content (AvgIpc) is 2.90. The second kappa shape index (κ2) is 6.55. The second-order valence-electron chi connectivity index (χ2n) is 5.66. The third-order valence-corrected chi connectivity index (χ3v) is 8.00. The molecule has 21 heavy (non-hydrogen) atoms. The van der Waals surface area contributed by atoms with Crippen LogP contribution in [0.1, 0.15) is 25.0 Å². The zero-order valence-corrected chi connectivity index (χ0v) is 15.4. The Morgan fingerprint density at radius 2 is 2.19 bits per heavy atom. The average molecular weight is 387 g/mol. The van der Waals surface area contributed by atoms with Crippen molar-refractivity contribution in [3.63, 3.8) is 0 Å². The van der Waals surface area contributed by atoms with Crippen LogP contribution in [-0.2, 0) is 17.6 Å². The lowest BCUT2D eigenvalue weighted by molar-refractivity contribution is -0.117. The summed E-state index contributed by atoms with van der Waals surface area (Å²) < 4.78 is 6.77. The number of benzene rings is 1. The van der Waals surface area contributed by atoms with Gasteiger partial charge in [-0.25, -0.2) is 0 Å². The van der Waals surface area contributed by atoms with Crippen molar-refractivity contribution in [1.82, 2.24) is 0 Å².